The lowest BCUT2D eigenvalue weighted by Gasteiger charge is -2.10. The highest BCUT2D eigenvalue weighted by Gasteiger charge is 2.36. The monoisotopic (exact) mass is 433 g/mol. The van der Waals surface area contributed by atoms with E-state index in [0.717, 1.165) is 27.4 Å². The van der Waals surface area contributed by atoms with E-state index in [9.17, 15) is 22.8 Å². The topological polar surface area (TPSA) is 75.4 Å². The Labute approximate surface area is 164 Å². The first-order valence-corrected chi connectivity index (χ1v) is 9.34. The summed E-state index contributed by atoms with van der Waals surface area (Å²) in [6, 6.07) is 2.55. The van der Waals surface area contributed by atoms with Crippen LogP contribution in [0.25, 0.3) is 17.3 Å². The molecule has 1 amide bonds. The van der Waals surface area contributed by atoms with E-state index in [1.54, 1.807) is 11.4 Å². The van der Waals surface area contributed by atoms with Crippen molar-refractivity contribution in [2.45, 2.75) is 6.18 Å². The summed E-state index contributed by atoms with van der Waals surface area (Å²) in [4.78, 5) is 24.9. The number of thioether (sulfide) groups is 1. The van der Waals surface area contributed by atoms with Crippen molar-refractivity contribution >= 4 is 57.6 Å². The van der Waals surface area contributed by atoms with E-state index in [0.29, 0.717) is 10.4 Å². The van der Waals surface area contributed by atoms with Gasteiger partial charge in [-0.1, -0.05) is 24.0 Å². The third-order valence-corrected chi connectivity index (χ3v) is 5.81. The third-order valence-electron chi connectivity index (χ3n) is 3.57. The largest absolute Gasteiger partial charge is 0.480 e. The quantitative estimate of drug-likeness (QED) is 0.588. The van der Waals surface area contributed by atoms with Crippen LogP contribution in [0.3, 0.4) is 0 Å². The molecule has 0 atom stereocenters. The molecule has 1 aliphatic rings. The van der Waals surface area contributed by atoms with E-state index in [1.807, 2.05) is 0 Å². The molecular weight excluding hydrogens is 423 g/mol. The first-order valence-electron chi connectivity index (χ1n) is 7.24. The van der Waals surface area contributed by atoms with Gasteiger partial charge in [0.15, 0.2) is 0 Å². The summed E-state index contributed by atoms with van der Waals surface area (Å²) in [6.45, 7) is -0.547. The maximum atomic E-state index is 13.0. The number of amides is 1. The number of thiophene rings is 1. The Balaban J connectivity index is 1.95. The number of hydrogen-bond donors (Lipinski definition) is 1. The second kappa shape index (κ2) is 7.09. The molecule has 12 heteroatoms. The molecule has 3 rings (SSSR count). The van der Waals surface area contributed by atoms with Crippen molar-refractivity contribution < 1.29 is 27.9 Å². The summed E-state index contributed by atoms with van der Waals surface area (Å²) < 4.78 is 39.8. The van der Waals surface area contributed by atoms with Crippen LogP contribution in [-0.2, 0) is 22.8 Å². The molecule has 0 spiro atoms. The number of carboxylic acids is 1. The Bertz CT molecular complexity index is 978. The lowest BCUT2D eigenvalue weighted by Crippen LogP contribution is -2.33. The van der Waals surface area contributed by atoms with Crippen LogP contribution in [0.2, 0.25) is 0 Å². The van der Waals surface area contributed by atoms with E-state index >= 15 is 0 Å². The second-order valence-corrected chi connectivity index (χ2v) is 8.02. The molecule has 0 unspecified atom stereocenters. The molecule has 3 heterocycles. The van der Waals surface area contributed by atoms with E-state index in [4.69, 9.17) is 17.3 Å². The molecule has 142 valence electrons. The molecule has 0 bridgehead atoms. The van der Waals surface area contributed by atoms with Crippen LogP contribution in [-0.4, -0.2) is 42.5 Å². The number of aryl methyl sites for hydroxylation is 1. The van der Waals surface area contributed by atoms with Gasteiger partial charge in [0.2, 0.25) is 0 Å². The zero-order chi connectivity index (χ0) is 19.9. The number of nitrogens with zero attached hydrogens (tertiary/aromatic N) is 3. The molecule has 2 aromatic heterocycles. The lowest BCUT2D eigenvalue weighted by atomic mass is 10.1. The standard InChI is InChI=1S/C15H10F3N3O3S3/c1-20-11(15(16,17)18)4-8(19-20)7-2-3-26-9(7)5-10-13(24)21(6-12(22)23)14(25)27-10/h2-5H,6H2,1H3,(H,22,23). The van der Waals surface area contributed by atoms with E-state index in [2.05, 4.69) is 5.10 Å². The summed E-state index contributed by atoms with van der Waals surface area (Å²) >= 11 is 7.19. The van der Waals surface area contributed by atoms with E-state index in [1.165, 1.54) is 24.5 Å². The van der Waals surface area contributed by atoms with Crippen LogP contribution in [0.5, 0.6) is 0 Å². The number of alkyl halides is 3. The number of thiocarbonyl (C=S) groups is 1. The van der Waals surface area contributed by atoms with Crippen LogP contribution in [0.1, 0.15) is 10.6 Å². The van der Waals surface area contributed by atoms with Crippen LogP contribution in [0.4, 0.5) is 13.2 Å². The Kier molecular flexibility index (Phi) is 5.14. The molecular formula is C15H10F3N3O3S3. The number of aromatic nitrogens is 2. The van der Waals surface area contributed by atoms with Gasteiger partial charge in [0, 0.05) is 17.5 Å². The van der Waals surface area contributed by atoms with Gasteiger partial charge in [-0.25, -0.2) is 0 Å². The highest BCUT2D eigenvalue weighted by Crippen LogP contribution is 2.38. The molecule has 0 radical (unpaired) electrons. The fourth-order valence-electron chi connectivity index (χ4n) is 2.40. The van der Waals surface area contributed by atoms with E-state index in [-0.39, 0.29) is 14.9 Å². The molecule has 1 saturated heterocycles. The minimum atomic E-state index is -4.53. The summed E-state index contributed by atoms with van der Waals surface area (Å²) in [6.07, 6.45) is -3.04. The average molecular weight is 433 g/mol. The Morgan fingerprint density at radius 1 is 1.44 bits per heavy atom. The van der Waals surface area contributed by atoms with Gasteiger partial charge in [-0.05, 0) is 23.6 Å². The minimum absolute atomic E-state index is 0.115. The number of hydrogen-bond acceptors (Lipinski definition) is 6. The summed E-state index contributed by atoms with van der Waals surface area (Å²) in [5.74, 6) is -1.75. The predicted octanol–water partition coefficient (Wildman–Crippen LogP) is 3.45. The normalized spacial score (nSPS) is 16.6. The van der Waals surface area contributed by atoms with Gasteiger partial charge in [-0.2, -0.15) is 18.3 Å². The smallest absolute Gasteiger partial charge is 0.433 e. The number of carboxylic acid groups (broad SMARTS) is 1. The van der Waals surface area contributed by atoms with Gasteiger partial charge < -0.3 is 5.11 Å². The van der Waals surface area contributed by atoms with Crippen LogP contribution in [0, 0.1) is 0 Å². The first kappa shape index (κ1) is 19.6. The van der Waals surface area contributed by atoms with Crippen molar-refractivity contribution in [2.75, 3.05) is 6.54 Å². The van der Waals surface area contributed by atoms with E-state index < -0.39 is 30.3 Å². The average Bonchev–Trinajstić information content (AvgIpc) is 3.21. The number of aliphatic carboxylic acids is 1. The highest BCUT2D eigenvalue weighted by molar-refractivity contribution is 8.26. The number of carbonyl (C=O) groups excluding carboxylic acids is 1. The zero-order valence-electron chi connectivity index (χ0n) is 13.5. The van der Waals surface area contributed by atoms with Gasteiger partial charge in [-0.15, -0.1) is 11.3 Å². The minimum Gasteiger partial charge on any atom is -0.480 e. The third kappa shape index (κ3) is 3.92. The molecule has 1 aliphatic heterocycles. The van der Waals surface area contributed by atoms with Crippen molar-refractivity contribution in [3.05, 3.63) is 33.0 Å². The van der Waals surface area contributed by atoms with Gasteiger partial charge in [0.1, 0.15) is 16.6 Å². The number of carbonyl (C=O) groups is 2. The fraction of sp³-hybridized carbons (Fsp3) is 0.200. The molecule has 1 fully saturated rings. The molecule has 1 N–H and O–H groups in total. The molecule has 6 nitrogen and oxygen atoms in total. The van der Waals surface area contributed by atoms with Crippen molar-refractivity contribution in [1.82, 2.24) is 14.7 Å². The van der Waals surface area contributed by atoms with Gasteiger partial charge >= 0.3 is 12.1 Å². The fourth-order valence-corrected chi connectivity index (χ4v) is 4.55. The summed E-state index contributed by atoms with van der Waals surface area (Å²) in [5.41, 5.74) is -0.324. The van der Waals surface area contributed by atoms with Gasteiger partial charge in [0.25, 0.3) is 5.91 Å². The summed E-state index contributed by atoms with van der Waals surface area (Å²) in [5, 5.41) is 14.4. The maximum absolute atomic E-state index is 13.0. The SMILES string of the molecule is Cn1nc(-c2ccsc2C=C2SC(=S)N(CC(=O)O)C2=O)cc1C(F)(F)F. The van der Waals surface area contributed by atoms with Crippen molar-refractivity contribution in [3.63, 3.8) is 0 Å². The highest BCUT2D eigenvalue weighted by atomic mass is 32.2. The second-order valence-electron chi connectivity index (χ2n) is 5.40. The van der Waals surface area contributed by atoms with Gasteiger partial charge in [-0.3, -0.25) is 19.2 Å². The van der Waals surface area contributed by atoms with Gasteiger partial charge in [0.05, 0.1) is 10.6 Å². The van der Waals surface area contributed by atoms with Crippen LogP contribution in [0.15, 0.2) is 22.4 Å². The maximum Gasteiger partial charge on any atom is 0.433 e. The Morgan fingerprint density at radius 2 is 2.15 bits per heavy atom. The van der Waals surface area contributed by atoms with Crippen molar-refractivity contribution in [2.24, 2.45) is 7.05 Å². The molecule has 2 aromatic rings. The number of halogens is 3. The summed E-state index contributed by atoms with van der Waals surface area (Å²) in [7, 11) is 1.20. The predicted molar refractivity (Wildman–Crippen MR) is 99.0 cm³/mol. The molecule has 27 heavy (non-hydrogen) atoms. The first-order chi connectivity index (χ1) is 12.6. The molecule has 0 aromatic carbocycles. The molecule has 0 aliphatic carbocycles. The zero-order valence-corrected chi connectivity index (χ0v) is 15.9. The Hall–Kier alpha value is -2.18. The lowest BCUT2D eigenvalue weighted by molar-refractivity contribution is -0.143. The van der Waals surface area contributed by atoms with Crippen molar-refractivity contribution in [3.8, 4) is 11.3 Å². The molecule has 0 saturated carbocycles. The van der Waals surface area contributed by atoms with Crippen molar-refractivity contribution in [1.29, 1.82) is 0 Å². The van der Waals surface area contributed by atoms with Crippen LogP contribution >= 0.6 is 35.3 Å². The number of rotatable bonds is 4. The Morgan fingerprint density at radius 3 is 2.74 bits per heavy atom. The van der Waals surface area contributed by atoms with Crippen LogP contribution < -0.4 is 0 Å².